The number of hydrogen-bond acceptors (Lipinski definition) is 6. The Kier molecular flexibility index (Phi) is 5.29. The van der Waals surface area contributed by atoms with Gasteiger partial charge >= 0.3 is 5.69 Å². The summed E-state index contributed by atoms with van der Waals surface area (Å²) in [6.45, 7) is 7.85. The van der Waals surface area contributed by atoms with Gasteiger partial charge in [0.05, 0.1) is 4.92 Å². The monoisotopic (exact) mass is 253 g/mol. The van der Waals surface area contributed by atoms with Gasteiger partial charge in [-0.3, -0.25) is 10.1 Å². The smallest absolute Gasteiger partial charge is 0.353 e. The topological polar surface area (TPSA) is 84.2 Å². The van der Waals surface area contributed by atoms with Crippen LogP contribution in [0.2, 0.25) is 0 Å². The molecule has 0 spiro atoms. The van der Waals surface area contributed by atoms with Gasteiger partial charge in [-0.15, -0.1) is 0 Å². The first-order valence-electron chi connectivity index (χ1n) is 6.13. The van der Waals surface area contributed by atoms with Crippen molar-refractivity contribution in [2.75, 3.05) is 29.9 Å². The number of hydrogen-bond donors (Lipinski definition) is 1. The van der Waals surface area contributed by atoms with Crippen LogP contribution >= 0.6 is 0 Å². The molecule has 0 unspecified atom stereocenters. The number of aromatic nitrogens is 2. The van der Waals surface area contributed by atoms with Crippen molar-refractivity contribution >= 4 is 17.3 Å². The summed E-state index contributed by atoms with van der Waals surface area (Å²) < 4.78 is 0. The van der Waals surface area contributed by atoms with Crippen molar-refractivity contribution < 1.29 is 4.92 Å². The maximum absolute atomic E-state index is 11.2. The zero-order chi connectivity index (χ0) is 13.5. The lowest BCUT2D eigenvalue weighted by Gasteiger charge is -2.19. The first kappa shape index (κ1) is 14.1. The van der Waals surface area contributed by atoms with Crippen molar-refractivity contribution in [2.24, 2.45) is 0 Å². The Balaban J connectivity index is 3.20. The highest BCUT2D eigenvalue weighted by Gasteiger charge is 2.25. The van der Waals surface area contributed by atoms with Crippen LogP contribution < -0.4 is 10.2 Å². The van der Waals surface area contributed by atoms with Gasteiger partial charge in [-0.05, 0) is 20.3 Å². The molecule has 0 aliphatic rings. The minimum absolute atomic E-state index is 0.0466. The number of nitrogens with zero attached hydrogens (tertiary/aromatic N) is 4. The summed E-state index contributed by atoms with van der Waals surface area (Å²) in [5.74, 6) is 0.664. The molecule has 0 bridgehead atoms. The van der Waals surface area contributed by atoms with Gasteiger partial charge in [0.15, 0.2) is 0 Å². The van der Waals surface area contributed by atoms with E-state index in [1.807, 2.05) is 25.7 Å². The van der Waals surface area contributed by atoms with Gasteiger partial charge in [0.1, 0.15) is 6.33 Å². The highest BCUT2D eigenvalue weighted by atomic mass is 16.6. The van der Waals surface area contributed by atoms with E-state index < -0.39 is 4.92 Å². The molecule has 18 heavy (non-hydrogen) atoms. The van der Waals surface area contributed by atoms with E-state index in [9.17, 15) is 10.1 Å². The second-order valence-corrected chi connectivity index (χ2v) is 3.75. The first-order chi connectivity index (χ1) is 8.65. The minimum atomic E-state index is -0.425. The fourth-order valence-electron chi connectivity index (χ4n) is 1.66. The summed E-state index contributed by atoms with van der Waals surface area (Å²) in [6, 6.07) is 0. The van der Waals surface area contributed by atoms with Gasteiger partial charge in [0.25, 0.3) is 0 Å². The largest absolute Gasteiger partial charge is 0.364 e. The molecule has 0 radical (unpaired) electrons. The highest BCUT2D eigenvalue weighted by Crippen LogP contribution is 2.31. The lowest BCUT2D eigenvalue weighted by atomic mass is 10.3. The molecular formula is C11H19N5O2. The molecule has 1 aromatic heterocycles. The van der Waals surface area contributed by atoms with Crippen molar-refractivity contribution in [3.63, 3.8) is 0 Å². The number of nitrogens with one attached hydrogen (secondary N) is 1. The van der Waals surface area contributed by atoms with Crippen LogP contribution in [0.4, 0.5) is 17.3 Å². The number of nitro groups is 1. The molecule has 0 atom stereocenters. The van der Waals surface area contributed by atoms with Crippen molar-refractivity contribution in [1.29, 1.82) is 0 Å². The molecule has 1 heterocycles. The molecule has 7 heteroatoms. The van der Waals surface area contributed by atoms with Gasteiger partial charge in [0.2, 0.25) is 11.6 Å². The van der Waals surface area contributed by atoms with Gasteiger partial charge in [-0.1, -0.05) is 6.92 Å². The quantitative estimate of drug-likeness (QED) is 0.591. The number of rotatable bonds is 7. The van der Waals surface area contributed by atoms with E-state index in [0.717, 1.165) is 6.42 Å². The molecule has 7 nitrogen and oxygen atoms in total. The molecule has 0 saturated carbocycles. The average Bonchev–Trinajstić information content (AvgIpc) is 2.37. The minimum Gasteiger partial charge on any atom is -0.364 e. The fraction of sp³-hybridized carbons (Fsp3) is 0.636. The maximum atomic E-state index is 11.2. The molecule has 0 aliphatic carbocycles. The van der Waals surface area contributed by atoms with E-state index in [4.69, 9.17) is 0 Å². The third-order valence-electron chi connectivity index (χ3n) is 2.59. The molecule has 100 valence electrons. The molecule has 1 N–H and O–H groups in total. The van der Waals surface area contributed by atoms with E-state index in [1.54, 1.807) is 0 Å². The first-order valence-corrected chi connectivity index (χ1v) is 6.13. The van der Waals surface area contributed by atoms with Crippen LogP contribution in [0.5, 0.6) is 0 Å². The molecule has 0 fully saturated rings. The summed E-state index contributed by atoms with van der Waals surface area (Å²) in [5, 5.41) is 14.2. The second-order valence-electron chi connectivity index (χ2n) is 3.75. The lowest BCUT2D eigenvalue weighted by Crippen LogP contribution is -2.24. The third kappa shape index (κ3) is 3.06. The Morgan fingerprint density at radius 1 is 1.33 bits per heavy atom. The van der Waals surface area contributed by atoms with E-state index in [0.29, 0.717) is 31.3 Å². The van der Waals surface area contributed by atoms with E-state index in [-0.39, 0.29) is 5.69 Å². The molecular weight excluding hydrogens is 234 g/mol. The van der Waals surface area contributed by atoms with Gasteiger partial charge < -0.3 is 10.2 Å². The Bertz CT molecular complexity index is 406. The molecule has 0 aliphatic heterocycles. The van der Waals surface area contributed by atoms with E-state index in [1.165, 1.54) is 6.33 Å². The second kappa shape index (κ2) is 6.73. The van der Waals surface area contributed by atoms with Crippen molar-refractivity contribution in [3.05, 3.63) is 16.4 Å². The van der Waals surface area contributed by atoms with Crippen molar-refractivity contribution in [1.82, 2.24) is 9.97 Å². The fourth-order valence-corrected chi connectivity index (χ4v) is 1.66. The number of anilines is 2. The zero-order valence-electron chi connectivity index (χ0n) is 11.0. The predicted octanol–water partition coefficient (Wildman–Crippen LogP) is 2.05. The summed E-state index contributed by atoms with van der Waals surface area (Å²) >= 11 is 0. The molecule has 0 amide bonds. The van der Waals surface area contributed by atoms with Crippen molar-refractivity contribution in [3.8, 4) is 0 Å². The molecule has 1 aromatic rings. The Morgan fingerprint density at radius 2 is 2.00 bits per heavy atom. The van der Waals surface area contributed by atoms with Crippen LogP contribution in [0, 0.1) is 10.1 Å². The summed E-state index contributed by atoms with van der Waals surface area (Å²) in [6.07, 6.45) is 2.24. The zero-order valence-corrected chi connectivity index (χ0v) is 11.0. The lowest BCUT2D eigenvalue weighted by molar-refractivity contribution is -0.383. The normalized spacial score (nSPS) is 10.2. The maximum Gasteiger partial charge on any atom is 0.353 e. The SMILES string of the molecule is CCCNc1ncnc(N(CC)CC)c1[N+](=O)[O-]. The molecule has 0 aromatic carbocycles. The van der Waals surface area contributed by atoms with Crippen LogP contribution in [-0.2, 0) is 0 Å². The van der Waals surface area contributed by atoms with Crippen LogP contribution in [0.25, 0.3) is 0 Å². The summed E-state index contributed by atoms with van der Waals surface area (Å²) in [7, 11) is 0. The summed E-state index contributed by atoms with van der Waals surface area (Å²) in [4.78, 5) is 20.6. The standard InChI is InChI=1S/C11H19N5O2/c1-4-7-12-10-9(16(17)18)11(14-8-13-10)15(5-2)6-3/h8H,4-7H2,1-3H3,(H,12,13,14). The molecule has 1 rings (SSSR count). The Hall–Kier alpha value is -1.92. The van der Waals surface area contributed by atoms with E-state index in [2.05, 4.69) is 15.3 Å². The highest BCUT2D eigenvalue weighted by molar-refractivity contribution is 5.70. The average molecular weight is 253 g/mol. The van der Waals surface area contributed by atoms with Gasteiger partial charge in [-0.2, -0.15) is 0 Å². The Labute approximate surface area is 106 Å². The molecule has 0 saturated heterocycles. The Morgan fingerprint density at radius 3 is 2.50 bits per heavy atom. The van der Waals surface area contributed by atoms with Crippen LogP contribution in [0.1, 0.15) is 27.2 Å². The van der Waals surface area contributed by atoms with Gasteiger partial charge in [0, 0.05) is 19.6 Å². The van der Waals surface area contributed by atoms with Crippen LogP contribution in [-0.4, -0.2) is 34.5 Å². The van der Waals surface area contributed by atoms with Crippen molar-refractivity contribution in [2.45, 2.75) is 27.2 Å². The summed E-state index contributed by atoms with van der Waals surface area (Å²) in [5.41, 5.74) is -0.0466. The van der Waals surface area contributed by atoms with Crippen LogP contribution in [0.15, 0.2) is 6.33 Å². The van der Waals surface area contributed by atoms with E-state index >= 15 is 0 Å². The van der Waals surface area contributed by atoms with Gasteiger partial charge in [-0.25, -0.2) is 9.97 Å². The van der Waals surface area contributed by atoms with Crippen LogP contribution in [0.3, 0.4) is 0 Å². The predicted molar refractivity (Wildman–Crippen MR) is 71.0 cm³/mol. The third-order valence-corrected chi connectivity index (χ3v) is 2.59.